The molecule has 1 aromatic heterocycles. The number of benzene rings is 2. The summed E-state index contributed by atoms with van der Waals surface area (Å²) in [6.07, 6.45) is 2.20. The molecule has 0 bridgehead atoms. The zero-order valence-electron chi connectivity index (χ0n) is 12.5. The van der Waals surface area contributed by atoms with Crippen LogP contribution in [0.4, 0.5) is 0 Å². The summed E-state index contributed by atoms with van der Waals surface area (Å²) in [7, 11) is 0. The van der Waals surface area contributed by atoms with Crippen molar-refractivity contribution in [1.82, 2.24) is 10.3 Å². The van der Waals surface area contributed by atoms with Crippen LogP contribution in [0.15, 0.2) is 42.5 Å². The van der Waals surface area contributed by atoms with Crippen molar-refractivity contribution in [2.45, 2.75) is 19.8 Å². The molecule has 3 heteroatoms. The molecule has 0 aliphatic rings. The highest BCUT2D eigenvalue weighted by molar-refractivity contribution is 6.09. The fourth-order valence-electron chi connectivity index (χ4n) is 2.65. The summed E-state index contributed by atoms with van der Waals surface area (Å²) in [5.41, 5.74) is 2.26. The van der Waals surface area contributed by atoms with Crippen LogP contribution in [-0.2, 0) is 0 Å². The summed E-state index contributed by atoms with van der Waals surface area (Å²) in [5, 5.41) is 5.87. The van der Waals surface area contributed by atoms with Crippen molar-refractivity contribution in [3.63, 3.8) is 0 Å². The highest BCUT2D eigenvalue weighted by Gasteiger charge is 2.07. The van der Waals surface area contributed by atoms with E-state index < -0.39 is 0 Å². The van der Waals surface area contributed by atoms with Crippen molar-refractivity contribution in [3.8, 4) is 5.75 Å². The first kappa shape index (κ1) is 14.0. The number of H-pyrrole nitrogens is 1. The number of aromatic amines is 1. The molecule has 3 rings (SSSR count). The summed E-state index contributed by atoms with van der Waals surface area (Å²) in [6, 6.07) is 14.6. The maximum absolute atomic E-state index is 5.96. The van der Waals surface area contributed by atoms with E-state index in [1.807, 2.05) is 6.07 Å². The first-order chi connectivity index (χ1) is 10.4. The first-order valence-corrected chi connectivity index (χ1v) is 7.73. The van der Waals surface area contributed by atoms with Gasteiger partial charge in [0.15, 0.2) is 0 Å². The predicted molar refractivity (Wildman–Crippen MR) is 89.1 cm³/mol. The van der Waals surface area contributed by atoms with Gasteiger partial charge in [-0.15, -0.1) is 0 Å². The molecule has 21 heavy (non-hydrogen) atoms. The molecule has 0 amide bonds. The van der Waals surface area contributed by atoms with Crippen LogP contribution in [0.2, 0.25) is 0 Å². The Balaban J connectivity index is 1.73. The fourth-order valence-corrected chi connectivity index (χ4v) is 2.65. The van der Waals surface area contributed by atoms with Crippen LogP contribution in [0.1, 0.15) is 19.8 Å². The van der Waals surface area contributed by atoms with E-state index in [9.17, 15) is 0 Å². The zero-order chi connectivity index (χ0) is 14.5. The van der Waals surface area contributed by atoms with E-state index in [1.54, 1.807) is 0 Å². The standard InChI is InChI=1S/C18H22N2O/c1-2-11-19-12-6-13-21-17-10-5-8-15-14-7-3-4-9-16(14)20-18(15)17/h3-5,7-10,19-20H,2,6,11-13H2,1H3. The monoisotopic (exact) mass is 282 g/mol. The number of hydrogen-bond donors (Lipinski definition) is 2. The summed E-state index contributed by atoms with van der Waals surface area (Å²) in [6.45, 7) is 5.01. The average Bonchev–Trinajstić information content (AvgIpc) is 2.90. The molecule has 0 radical (unpaired) electrons. The molecule has 0 aliphatic heterocycles. The lowest BCUT2D eigenvalue weighted by atomic mass is 10.1. The molecule has 1 heterocycles. The second kappa shape index (κ2) is 6.64. The van der Waals surface area contributed by atoms with Crippen molar-refractivity contribution in [2.75, 3.05) is 19.7 Å². The Morgan fingerprint density at radius 2 is 1.86 bits per heavy atom. The lowest BCUT2D eigenvalue weighted by molar-refractivity contribution is 0.311. The molecule has 0 saturated heterocycles. The maximum Gasteiger partial charge on any atom is 0.143 e. The van der Waals surface area contributed by atoms with Crippen molar-refractivity contribution >= 4 is 21.8 Å². The maximum atomic E-state index is 5.96. The molecule has 0 spiro atoms. The number of para-hydroxylation sites is 2. The van der Waals surface area contributed by atoms with E-state index in [0.717, 1.165) is 42.9 Å². The molecule has 3 aromatic rings. The third kappa shape index (κ3) is 3.03. The first-order valence-electron chi connectivity index (χ1n) is 7.73. The Labute approximate surface area is 125 Å². The van der Waals surface area contributed by atoms with E-state index in [1.165, 1.54) is 17.2 Å². The molecule has 0 fully saturated rings. The van der Waals surface area contributed by atoms with Gasteiger partial charge in [0.2, 0.25) is 0 Å². The predicted octanol–water partition coefficient (Wildman–Crippen LogP) is 4.09. The third-order valence-corrected chi connectivity index (χ3v) is 3.69. The zero-order valence-corrected chi connectivity index (χ0v) is 12.5. The van der Waals surface area contributed by atoms with E-state index in [4.69, 9.17) is 4.74 Å². The van der Waals surface area contributed by atoms with Crippen LogP contribution in [0.25, 0.3) is 21.8 Å². The highest BCUT2D eigenvalue weighted by Crippen LogP contribution is 2.31. The third-order valence-electron chi connectivity index (χ3n) is 3.69. The van der Waals surface area contributed by atoms with Gasteiger partial charge in [0.25, 0.3) is 0 Å². The fraction of sp³-hybridized carbons (Fsp3) is 0.333. The number of rotatable bonds is 7. The van der Waals surface area contributed by atoms with Gasteiger partial charge in [-0.05, 0) is 38.1 Å². The van der Waals surface area contributed by atoms with Crippen LogP contribution < -0.4 is 10.1 Å². The Bertz CT molecular complexity index is 717. The van der Waals surface area contributed by atoms with E-state index in [-0.39, 0.29) is 0 Å². The Hall–Kier alpha value is -2.00. The van der Waals surface area contributed by atoms with Crippen LogP contribution in [0.3, 0.4) is 0 Å². The second-order valence-electron chi connectivity index (χ2n) is 5.30. The van der Waals surface area contributed by atoms with Crippen LogP contribution in [0, 0.1) is 0 Å². The molecule has 2 N–H and O–H groups in total. The summed E-state index contributed by atoms with van der Waals surface area (Å²) in [4.78, 5) is 3.47. The topological polar surface area (TPSA) is 37.0 Å². The van der Waals surface area contributed by atoms with Crippen LogP contribution in [-0.4, -0.2) is 24.7 Å². The van der Waals surface area contributed by atoms with Gasteiger partial charge in [-0.25, -0.2) is 0 Å². The molecule has 0 atom stereocenters. The van der Waals surface area contributed by atoms with Gasteiger partial charge in [0.1, 0.15) is 5.75 Å². The van der Waals surface area contributed by atoms with Gasteiger partial charge >= 0.3 is 0 Å². The van der Waals surface area contributed by atoms with Crippen LogP contribution >= 0.6 is 0 Å². The van der Waals surface area contributed by atoms with Crippen molar-refractivity contribution in [2.24, 2.45) is 0 Å². The van der Waals surface area contributed by atoms with Crippen molar-refractivity contribution in [1.29, 1.82) is 0 Å². The summed E-state index contributed by atoms with van der Waals surface area (Å²) < 4.78 is 5.96. The summed E-state index contributed by atoms with van der Waals surface area (Å²) in [5.74, 6) is 0.944. The van der Waals surface area contributed by atoms with Crippen molar-refractivity contribution in [3.05, 3.63) is 42.5 Å². The molecule has 0 unspecified atom stereocenters. The van der Waals surface area contributed by atoms with Gasteiger partial charge in [-0.2, -0.15) is 0 Å². The van der Waals surface area contributed by atoms with Gasteiger partial charge in [0.05, 0.1) is 12.1 Å². The molecule has 110 valence electrons. The van der Waals surface area contributed by atoms with E-state index in [2.05, 4.69) is 53.6 Å². The van der Waals surface area contributed by atoms with Gasteiger partial charge in [-0.3, -0.25) is 0 Å². The number of hydrogen-bond acceptors (Lipinski definition) is 2. The molecular formula is C18H22N2O. The largest absolute Gasteiger partial charge is 0.491 e. The lowest BCUT2D eigenvalue weighted by Crippen LogP contribution is -2.18. The Morgan fingerprint density at radius 3 is 2.76 bits per heavy atom. The number of aromatic nitrogens is 1. The molecular weight excluding hydrogens is 260 g/mol. The van der Waals surface area contributed by atoms with Crippen LogP contribution in [0.5, 0.6) is 5.75 Å². The second-order valence-corrected chi connectivity index (χ2v) is 5.30. The van der Waals surface area contributed by atoms with Gasteiger partial charge in [0, 0.05) is 16.3 Å². The lowest BCUT2D eigenvalue weighted by Gasteiger charge is -2.07. The van der Waals surface area contributed by atoms with Gasteiger partial charge in [-0.1, -0.05) is 37.3 Å². The molecule has 2 aromatic carbocycles. The molecule has 0 aliphatic carbocycles. The minimum absolute atomic E-state index is 0.741. The summed E-state index contributed by atoms with van der Waals surface area (Å²) >= 11 is 0. The normalized spacial score (nSPS) is 11.3. The molecule has 0 saturated carbocycles. The quantitative estimate of drug-likeness (QED) is 0.640. The molecule has 3 nitrogen and oxygen atoms in total. The van der Waals surface area contributed by atoms with Crippen molar-refractivity contribution < 1.29 is 4.74 Å². The number of nitrogens with one attached hydrogen (secondary N) is 2. The minimum Gasteiger partial charge on any atom is -0.491 e. The SMILES string of the molecule is CCCNCCCOc1cccc2c1[nH]c1ccccc12. The van der Waals surface area contributed by atoms with Gasteiger partial charge < -0.3 is 15.0 Å². The minimum atomic E-state index is 0.741. The van der Waals surface area contributed by atoms with E-state index in [0.29, 0.717) is 0 Å². The number of ether oxygens (including phenoxy) is 1. The average molecular weight is 282 g/mol. The smallest absolute Gasteiger partial charge is 0.143 e. The van der Waals surface area contributed by atoms with E-state index >= 15 is 0 Å². The number of fused-ring (bicyclic) bond motifs is 3. The highest BCUT2D eigenvalue weighted by atomic mass is 16.5. The Kier molecular flexibility index (Phi) is 4.41. The Morgan fingerprint density at radius 1 is 1.00 bits per heavy atom.